The molecule has 214 valence electrons. The fraction of sp³-hybridized carbons (Fsp3) is 0.185. The minimum Gasteiger partial charge on any atom is -0.271 e. The molecule has 0 N–H and O–H groups in total. The Morgan fingerprint density at radius 2 is 1.48 bits per heavy atom. The average molecular weight is 647 g/mol. The van der Waals surface area contributed by atoms with Crippen LogP contribution in [-0.2, 0) is 14.4 Å². The van der Waals surface area contributed by atoms with Gasteiger partial charge in [-0.2, -0.15) is 10.2 Å². The molecular weight excluding hydrogens is 631 g/mol. The lowest BCUT2D eigenvalue weighted by Crippen LogP contribution is -2.45. The molecule has 0 bridgehead atoms. The molecule has 3 aromatic rings. The number of hydrogen-bond donors (Lipinski definition) is 0. The first kappa shape index (κ1) is 27.6. The first-order valence-electron chi connectivity index (χ1n) is 12.4. The monoisotopic (exact) mass is 646 g/mol. The zero-order valence-electron chi connectivity index (χ0n) is 21.0. The Kier molecular flexibility index (Phi) is 6.83. The van der Waals surface area contributed by atoms with Crippen LogP contribution in [0.15, 0.2) is 74.5 Å². The number of anilines is 1. The quantitative estimate of drug-likeness (QED) is 0.172. The average Bonchev–Trinajstić information content (AvgIpc) is 3.68. The topological polar surface area (TPSA) is 98.0 Å². The Hall–Kier alpha value is -4.53. The van der Waals surface area contributed by atoms with Crippen LogP contribution in [0.2, 0.25) is 0 Å². The van der Waals surface area contributed by atoms with Gasteiger partial charge >= 0.3 is 0 Å². The molecule has 3 aliphatic heterocycles. The largest absolute Gasteiger partial charge is 0.271 e. The molecule has 3 heterocycles. The van der Waals surface area contributed by atoms with Gasteiger partial charge in [0.2, 0.25) is 5.82 Å². The lowest BCUT2D eigenvalue weighted by Gasteiger charge is -2.25. The van der Waals surface area contributed by atoms with Crippen molar-refractivity contribution >= 4 is 45.1 Å². The second-order valence-electron chi connectivity index (χ2n) is 9.55. The van der Waals surface area contributed by atoms with Crippen LogP contribution >= 0.6 is 15.9 Å². The summed E-state index contributed by atoms with van der Waals surface area (Å²) >= 11 is 3.38. The third kappa shape index (κ3) is 4.35. The smallest absolute Gasteiger partial charge is 0.264 e. The zero-order chi connectivity index (χ0) is 29.9. The lowest BCUT2D eigenvalue weighted by atomic mass is 9.98. The zero-order valence-corrected chi connectivity index (χ0v) is 22.6. The minimum atomic E-state index is -2.44. The van der Waals surface area contributed by atoms with Crippen molar-refractivity contribution in [2.24, 2.45) is 15.4 Å². The third-order valence-electron chi connectivity index (χ3n) is 7.09. The summed E-state index contributed by atoms with van der Waals surface area (Å²) in [6.45, 7) is -0.630. The van der Waals surface area contributed by atoms with E-state index in [1.54, 1.807) is 12.1 Å². The molecule has 3 unspecified atom stereocenters. The number of hydrogen-bond acceptors (Lipinski definition) is 7. The first-order chi connectivity index (χ1) is 20.1. The number of benzene rings is 3. The van der Waals surface area contributed by atoms with Gasteiger partial charge in [0.1, 0.15) is 12.2 Å². The van der Waals surface area contributed by atoms with Gasteiger partial charge in [-0.25, -0.2) is 31.9 Å². The molecule has 42 heavy (non-hydrogen) atoms. The molecule has 1 saturated heterocycles. The first-order valence-corrected chi connectivity index (χ1v) is 13.1. The van der Waals surface area contributed by atoms with E-state index in [0.717, 1.165) is 20.6 Å². The molecular formula is C27H16BrF5N6O3. The van der Waals surface area contributed by atoms with E-state index in [4.69, 9.17) is 0 Å². The highest BCUT2D eigenvalue weighted by molar-refractivity contribution is 9.10. The predicted octanol–water partition coefficient (Wildman–Crippen LogP) is 4.82. The van der Waals surface area contributed by atoms with Crippen molar-refractivity contribution in [2.45, 2.75) is 24.5 Å². The normalized spacial score (nSPS) is 21.4. The summed E-state index contributed by atoms with van der Waals surface area (Å²) in [5.74, 6) is -15.2. The highest BCUT2D eigenvalue weighted by Crippen LogP contribution is 2.38. The van der Waals surface area contributed by atoms with Crippen LogP contribution in [0.3, 0.4) is 0 Å². The van der Waals surface area contributed by atoms with E-state index in [-0.39, 0.29) is 4.90 Å². The molecule has 3 aromatic carbocycles. The second-order valence-corrected chi connectivity index (χ2v) is 10.5. The number of hydrazone groups is 1. The van der Waals surface area contributed by atoms with Gasteiger partial charge in [-0.05, 0) is 23.3 Å². The molecule has 9 nitrogen and oxygen atoms in total. The molecule has 3 atom stereocenters. The number of carbonyl (C=O) groups excluding carboxylic acids is 3. The number of amides is 3. The number of imide groups is 1. The summed E-state index contributed by atoms with van der Waals surface area (Å²) in [5.41, 5.74) is 0.428. The molecule has 1 fully saturated rings. The number of carbonyl (C=O) groups is 3. The summed E-state index contributed by atoms with van der Waals surface area (Å²) in [6, 6.07) is 12.5. The lowest BCUT2D eigenvalue weighted by molar-refractivity contribution is -0.135. The number of halogens is 6. The summed E-state index contributed by atoms with van der Waals surface area (Å²) in [6.07, 6.45) is 0.358. The number of rotatable bonds is 5. The van der Waals surface area contributed by atoms with E-state index in [2.05, 4.69) is 31.4 Å². The van der Waals surface area contributed by atoms with Crippen LogP contribution in [0, 0.1) is 29.1 Å². The van der Waals surface area contributed by atoms with E-state index in [9.17, 15) is 36.3 Å². The van der Waals surface area contributed by atoms with Crippen molar-refractivity contribution < 1.29 is 36.3 Å². The van der Waals surface area contributed by atoms with Gasteiger partial charge in [0.25, 0.3) is 17.7 Å². The highest BCUT2D eigenvalue weighted by Gasteiger charge is 2.57. The van der Waals surface area contributed by atoms with Crippen LogP contribution in [-0.4, -0.2) is 52.1 Å². The van der Waals surface area contributed by atoms with E-state index < -0.39 is 77.2 Å². The Labute approximate surface area is 242 Å². The van der Waals surface area contributed by atoms with Crippen LogP contribution in [0.1, 0.15) is 23.6 Å². The standard InChI is InChI=1S/C27H16BrF5N6O3/c28-14-8-6-12(7-9-14)15-10-16(13-4-2-1-3-5-13)39(35-15)17(40)11-37-25-23(34-36-37)26(41)38(27(25)42)24-21(32)19(30)18(29)20(31)22(24)33/h1-9,16,23,25H,10-11H2. The minimum absolute atomic E-state index is 0.145. The number of nitrogens with zero attached hydrogens (tertiary/aromatic N) is 6. The van der Waals surface area contributed by atoms with Gasteiger partial charge in [0.15, 0.2) is 35.4 Å². The van der Waals surface area contributed by atoms with E-state index in [1.807, 2.05) is 42.5 Å². The van der Waals surface area contributed by atoms with Gasteiger partial charge in [0.05, 0.1) is 11.8 Å². The Morgan fingerprint density at radius 1 is 0.857 bits per heavy atom. The molecule has 0 radical (unpaired) electrons. The fourth-order valence-corrected chi connectivity index (χ4v) is 5.33. The van der Waals surface area contributed by atoms with Crippen molar-refractivity contribution in [1.82, 2.24) is 10.0 Å². The van der Waals surface area contributed by atoms with Crippen molar-refractivity contribution in [3.63, 3.8) is 0 Å². The van der Waals surface area contributed by atoms with Crippen LogP contribution < -0.4 is 4.90 Å². The molecule has 0 aromatic heterocycles. The highest BCUT2D eigenvalue weighted by atomic mass is 79.9. The Bertz CT molecular complexity index is 1680. The number of fused-ring (bicyclic) bond motifs is 1. The maximum absolute atomic E-state index is 14.5. The van der Waals surface area contributed by atoms with Gasteiger partial charge in [-0.3, -0.25) is 19.4 Å². The van der Waals surface area contributed by atoms with Crippen molar-refractivity contribution in [3.05, 3.63) is 99.3 Å². The van der Waals surface area contributed by atoms with Crippen molar-refractivity contribution in [1.29, 1.82) is 0 Å². The summed E-state index contributed by atoms with van der Waals surface area (Å²) < 4.78 is 71.1. The molecule has 6 rings (SSSR count). The Morgan fingerprint density at radius 3 is 2.12 bits per heavy atom. The van der Waals surface area contributed by atoms with Crippen molar-refractivity contribution in [2.75, 3.05) is 11.4 Å². The van der Waals surface area contributed by atoms with E-state index >= 15 is 0 Å². The molecule has 3 aliphatic rings. The predicted molar refractivity (Wildman–Crippen MR) is 139 cm³/mol. The van der Waals surface area contributed by atoms with Gasteiger partial charge in [-0.15, -0.1) is 0 Å². The second kappa shape index (κ2) is 10.4. The van der Waals surface area contributed by atoms with E-state index in [1.165, 1.54) is 5.01 Å². The maximum Gasteiger partial charge on any atom is 0.264 e. The van der Waals surface area contributed by atoms with Gasteiger partial charge in [-0.1, -0.05) is 63.6 Å². The van der Waals surface area contributed by atoms with Gasteiger partial charge < -0.3 is 0 Å². The third-order valence-corrected chi connectivity index (χ3v) is 7.62. The molecule has 0 saturated carbocycles. The summed E-state index contributed by atoms with van der Waals surface area (Å²) in [4.78, 5) is 39.5. The van der Waals surface area contributed by atoms with Crippen LogP contribution in [0.25, 0.3) is 0 Å². The molecule has 15 heteroatoms. The van der Waals surface area contributed by atoms with Gasteiger partial charge in [0, 0.05) is 10.9 Å². The van der Waals surface area contributed by atoms with Crippen molar-refractivity contribution in [3.8, 4) is 0 Å². The molecule has 0 aliphatic carbocycles. The Balaban J connectivity index is 1.29. The maximum atomic E-state index is 14.5. The van der Waals surface area contributed by atoms with E-state index in [0.29, 0.717) is 12.1 Å². The van der Waals surface area contributed by atoms with Crippen LogP contribution in [0.4, 0.5) is 27.6 Å². The SMILES string of the molecule is O=C1C2N=NN(CC(=O)N3N=C(c4ccc(Br)cc4)CC3c3ccccc3)C2C(=O)N1c1c(F)c(F)c(F)c(F)c1F. The summed E-state index contributed by atoms with van der Waals surface area (Å²) in [5, 5.41) is 14.0. The molecule has 0 spiro atoms. The van der Waals surface area contributed by atoms with Crippen LogP contribution in [0.5, 0.6) is 0 Å². The summed E-state index contributed by atoms with van der Waals surface area (Å²) in [7, 11) is 0. The molecule has 3 amide bonds. The fourth-order valence-electron chi connectivity index (χ4n) is 5.07.